The fraction of sp³-hybridized carbons (Fsp3) is 0.294. The van der Waals surface area contributed by atoms with Crippen molar-refractivity contribution in [2.75, 3.05) is 5.75 Å². The van der Waals surface area contributed by atoms with Gasteiger partial charge in [-0.15, -0.1) is 11.8 Å². The SMILES string of the molecule is CC(C)C(N)SCC(=O)c1ccc2[nH]c3nccc(Cl)c3c2c1. The van der Waals surface area contributed by atoms with Crippen molar-refractivity contribution in [3.8, 4) is 0 Å². The zero-order valence-electron chi connectivity index (χ0n) is 13.0. The van der Waals surface area contributed by atoms with Gasteiger partial charge in [0.25, 0.3) is 0 Å². The summed E-state index contributed by atoms with van der Waals surface area (Å²) in [5.74, 6) is 0.787. The molecule has 0 radical (unpaired) electrons. The molecule has 3 N–H and O–H groups in total. The molecule has 2 heterocycles. The van der Waals surface area contributed by atoms with Crippen LogP contribution in [0.15, 0.2) is 30.5 Å². The van der Waals surface area contributed by atoms with E-state index < -0.39 is 0 Å². The summed E-state index contributed by atoms with van der Waals surface area (Å²) in [7, 11) is 0. The minimum absolute atomic E-state index is 0.0329. The average molecular weight is 348 g/mol. The minimum Gasteiger partial charge on any atom is -0.339 e. The highest BCUT2D eigenvalue weighted by atomic mass is 35.5. The van der Waals surface area contributed by atoms with Crippen LogP contribution in [0.25, 0.3) is 21.9 Å². The second kappa shape index (κ2) is 6.51. The van der Waals surface area contributed by atoms with Gasteiger partial charge in [0.2, 0.25) is 0 Å². The molecular formula is C17H18ClN3OS. The third-order valence-corrected chi connectivity index (χ3v) is 5.50. The molecule has 120 valence electrons. The number of nitrogens with zero attached hydrogens (tertiary/aromatic N) is 1. The Labute approximate surface area is 143 Å². The maximum atomic E-state index is 12.4. The van der Waals surface area contributed by atoms with Crippen molar-refractivity contribution in [1.29, 1.82) is 0 Å². The summed E-state index contributed by atoms with van der Waals surface area (Å²) in [5, 5.41) is 2.36. The smallest absolute Gasteiger partial charge is 0.172 e. The van der Waals surface area contributed by atoms with Crippen LogP contribution in [0.3, 0.4) is 0 Å². The lowest BCUT2D eigenvalue weighted by Gasteiger charge is -2.14. The Morgan fingerprint density at radius 3 is 2.91 bits per heavy atom. The fourth-order valence-corrected chi connectivity index (χ4v) is 3.54. The number of nitrogens with one attached hydrogen (secondary N) is 1. The topological polar surface area (TPSA) is 71.8 Å². The number of aromatic amines is 1. The third-order valence-electron chi connectivity index (χ3n) is 3.83. The molecule has 0 amide bonds. The number of H-pyrrole nitrogens is 1. The van der Waals surface area contributed by atoms with Crippen LogP contribution in [0.1, 0.15) is 24.2 Å². The quantitative estimate of drug-likeness (QED) is 0.535. The molecule has 0 bridgehead atoms. The molecule has 6 heteroatoms. The molecule has 3 aromatic rings. The first-order chi connectivity index (χ1) is 11.0. The van der Waals surface area contributed by atoms with Gasteiger partial charge in [-0.25, -0.2) is 4.98 Å². The molecule has 3 rings (SSSR count). The van der Waals surface area contributed by atoms with E-state index in [1.165, 1.54) is 11.8 Å². The molecular weight excluding hydrogens is 330 g/mol. The van der Waals surface area contributed by atoms with Gasteiger partial charge < -0.3 is 10.7 Å². The van der Waals surface area contributed by atoms with Crippen molar-refractivity contribution in [1.82, 2.24) is 9.97 Å². The van der Waals surface area contributed by atoms with Gasteiger partial charge >= 0.3 is 0 Å². The molecule has 0 aliphatic heterocycles. The lowest BCUT2D eigenvalue weighted by atomic mass is 10.1. The summed E-state index contributed by atoms with van der Waals surface area (Å²) < 4.78 is 0. The van der Waals surface area contributed by atoms with Crippen molar-refractivity contribution in [3.05, 3.63) is 41.0 Å². The Kier molecular flexibility index (Phi) is 4.62. The Balaban J connectivity index is 1.93. The van der Waals surface area contributed by atoms with E-state index in [0.29, 0.717) is 22.3 Å². The van der Waals surface area contributed by atoms with Gasteiger partial charge in [-0.3, -0.25) is 4.79 Å². The van der Waals surface area contributed by atoms with Crippen LogP contribution in [0.5, 0.6) is 0 Å². The fourth-order valence-electron chi connectivity index (χ4n) is 2.40. The zero-order chi connectivity index (χ0) is 16.6. The van der Waals surface area contributed by atoms with E-state index in [1.807, 2.05) is 18.2 Å². The predicted octanol–water partition coefficient (Wildman–Crippen LogP) is 4.23. The van der Waals surface area contributed by atoms with Gasteiger partial charge in [-0.1, -0.05) is 25.4 Å². The van der Waals surface area contributed by atoms with Crippen molar-refractivity contribution < 1.29 is 4.79 Å². The summed E-state index contributed by atoms with van der Waals surface area (Å²) in [6.07, 6.45) is 1.66. The zero-order valence-corrected chi connectivity index (χ0v) is 14.5. The number of halogens is 1. The number of benzene rings is 1. The van der Waals surface area contributed by atoms with Crippen LogP contribution < -0.4 is 5.73 Å². The molecule has 4 nitrogen and oxygen atoms in total. The van der Waals surface area contributed by atoms with Crippen LogP contribution in [-0.4, -0.2) is 26.9 Å². The largest absolute Gasteiger partial charge is 0.339 e. The molecule has 0 saturated carbocycles. The molecule has 0 spiro atoms. The number of carbonyl (C=O) groups is 1. The predicted molar refractivity (Wildman–Crippen MR) is 98.2 cm³/mol. The monoisotopic (exact) mass is 347 g/mol. The number of carbonyl (C=O) groups excluding carboxylic acids is 1. The highest BCUT2D eigenvalue weighted by Gasteiger charge is 2.15. The first-order valence-corrected chi connectivity index (χ1v) is 8.86. The lowest BCUT2D eigenvalue weighted by molar-refractivity contribution is 0.102. The van der Waals surface area contributed by atoms with E-state index in [1.54, 1.807) is 12.3 Å². The Bertz CT molecular complexity index is 875. The number of thioether (sulfide) groups is 1. The van der Waals surface area contributed by atoms with Crippen LogP contribution in [0, 0.1) is 5.92 Å². The van der Waals surface area contributed by atoms with E-state index in [-0.39, 0.29) is 11.2 Å². The van der Waals surface area contributed by atoms with Crippen molar-refractivity contribution in [3.63, 3.8) is 0 Å². The molecule has 1 aromatic carbocycles. The van der Waals surface area contributed by atoms with Crippen molar-refractivity contribution in [2.24, 2.45) is 11.7 Å². The van der Waals surface area contributed by atoms with Crippen LogP contribution in [0.2, 0.25) is 5.02 Å². The molecule has 23 heavy (non-hydrogen) atoms. The molecule has 1 atom stereocenters. The lowest BCUT2D eigenvalue weighted by Crippen LogP contribution is -2.24. The number of rotatable bonds is 5. The van der Waals surface area contributed by atoms with Gasteiger partial charge in [-0.2, -0.15) is 0 Å². The van der Waals surface area contributed by atoms with E-state index in [4.69, 9.17) is 17.3 Å². The number of ketones is 1. The molecule has 0 aliphatic rings. The number of Topliss-reactive ketones (excluding diaryl/α,β-unsaturated/α-hetero) is 1. The van der Waals surface area contributed by atoms with Gasteiger partial charge in [0.05, 0.1) is 16.1 Å². The molecule has 0 fully saturated rings. The molecule has 1 unspecified atom stereocenters. The van der Waals surface area contributed by atoms with E-state index in [9.17, 15) is 4.79 Å². The van der Waals surface area contributed by atoms with Gasteiger partial charge in [0.1, 0.15) is 5.65 Å². The Hall–Kier alpha value is -1.56. The average Bonchev–Trinajstić information content (AvgIpc) is 2.90. The molecule has 0 aliphatic carbocycles. The van der Waals surface area contributed by atoms with Crippen molar-refractivity contribution in [2.45, 2.75) is 19.2 Å². The van der Waals surface area contributed by atoms with Crippen LogP contribution >= 0.6 is 23.4 Å². The second-order valence-electron chi connectivity index (χ2n) is 5.84. The summed E-state index contributed by atoms with van der Waals surface area (Å²) >= 11 is 7.76. The van der Waals surface area contributed by atoms with E-state index >= 15 is 0 Å². The van der Waals surface area contributed by atoms with Gasteiger partial charge in [0, 0.05) is 28.0 Å². The summed E-state index contributed by atoms with van der Waals surface area (Å²) in [6, 6.07) is 7.36. The maximum Gasteiger partial charge on any atom is 0.172 e. The highest BCUT2D eigenvalue weighted by Crippen LogP contribution is 2.31. The molecule has 0 saturated heterocycles. The minimum atomic E-state index is -0.0329. The van der Waals surface area contributed by atoms with Crippen LogP contribution in [-0.2, 0) is 0 Å². The van der Waals surface area contributed by atoms with Crippen molar-refractivity contribution >= 4 is 51.1 Å². The number of pyridine rings is 1. The van der Waals surface area contributed by atoms with E-state index in [0.717, 1.165) is 21.9 Å². The van der Waals surface area contributed by atoms with Gasteiger partial charge in [0.15, 0.2) is 5.78 Å². The van der Waals surface area contributed by atoms with Gasteiger partial charge in [-0.05, 0) is 30.2 Å². The second-order valence-corrected chi connectivity index (χ2v) is 7.42. The summed E-state index contributed by atoms with van der Waals surface area (Å²) in [6.45, 7) is 4.10. The number of aromatic nitrogens is 2. The Morgan fingerprint density at radius 2 is 2.17 bits per heavy atom. The maximum absolute atomic E-state index is 12.4. The standard InChI is InChI=1S/C17H18ClN3OS/c1-9(2)16(19)23-8-14(22)10-3-4-13-11(7-10)15-12(18)5-6-20-17(15)21-13/h3-7,9,16H,8,19H2,1-2H3,(H,20,21). The first kappa shape index (κ1) is 16.3. The van der Waals surface area contributed by atoms with E-state index in [2.05, 4.69) is 23.8 Å². The van der Waals surface area contributed by atoms with Crippen LogP contribution in [0.4, 0.5) is 0 Å². The first-order valence-electron chi connectivity index (χ1n) is 7.43. The number of hydrogen-bond donors (Lipinski definition) is 2. The highest BCUT2D eigenvalue weighted by molar-refractivity contribution is 8.00. The summed E-state index contributed by atoms with van der Waals surface area (Å²) in [5.41, 5.74) is 8.31. The number of nitrogens with two attached hydrogens (primary N) is 1. The molecule has 2 aromatic heterocycles. The number of fused-ring (bicyclic) bond motifs is 3. The normalized spacial score (nSPS) is 13.1. The summed E-state index contributed by atoms with van der Waals surface area (Å²) in [4.78, 5) is 19.9. The third kappa shape index (κ3) is 3.22. The number of hydrogen-bond acceptors (Lipinski definition) is 4. The Morgan fingerprint density at radius 1 is 1.39 bits per heavy atom.